The number of Topliss-reactive ketones (excluding diaryl/α,β-unsaturated/α-hetero) is 1. The Morgan fingerprint density at radius 1 is 1.16 bits per heavy atom. The van der Waals surface area contributed by atoms with Gasteiger partial charge in [0.25, 0.3) is 5.91 Å². The number of hydrogen-bond donors (Lipinski definition) is 1. The number of aryl methyl sites for hydroxylation is 2. The molecule has 1 fully saturated rings. The molecule has 3 heterocycles. The number of ketones is 1. The predicted octanol–water partition coefficient (Wildman–Crippen LogP) is 4.40. The predicted molar refractivity (Wildman–Crippen MR) is 144 cm³/mol. The van der Waals surface area contributed by atoms with Crippen molar-refractivity contribution in [3.63, 3.8) is 0 Å². The van der Waals surface area contributed by atoms with Crippen LogP contribution in [-0.2, 0) is 24.9 Å². The molecule has 0 bridgehead atoms. The first-order valence-corrected chi connectivity index (χ1v) is 12.8. The summed E-state index contributed by atoms with van der Waals surface area (Å²) in [6.45, 7) is 4.44. The van der Waals surface area contributed by atoms with Crippen LogP contribution in [0.2, 0.25) is 0 Å². The molecule has 0 spiro atoms. The molecule has 0 saturated carbocycles. The lowest BCUT2D eigenvalue weighted by atomic mass is 10.0. The van der Waals surface area contributed by atoms with Crippen molar-refractivity contribution in [1.82, 2.24) is 14.5 Å². The third kappa shape index (κ3) is 5.37. The van der Waals surface area contributed by atoms with Crippen molar-refractivity contribution in [2.75, 3.05) is 11.9 Å². The van der Waals surface area contributed by atoms with Crippen LogP contribution in [0.1, 0.15) is 63.9 Å². The van der Waals surface area contributed by atoms with E-state index >= 15 is 0 Å². The zero-order valence-electron chi connectivity index (χ0n) is 21.9. The Bertz CT molecular complexity index is 1440. The topological polar surface area (TPSA) is 106 Å². The van der Waals surface area contributed by atoms with Crippen LogP contribution in [0.15, 0.2) is 47.6 Å². The van der Waals surface area contributed by atoms with Crippen molar-refractivity contribution >= 4 is 35.3 Å². The van der Waals surface area contributed by atoms with Gasteiger partial charge in [0.2, 0.25) is 5.91 Å². The van der Waals surface area contributed by atoms with Crippen LogP contribution in [-0.4, -0.2) is 50.8 Å². The standard InChI is InChI=1S/C29H31N5O4/c1-18-11-23-24(30-15-22-9-4-5-10-34(22)29(23)37)14-25(18)38-17-21-8-6-7-20(12-21)13-27(36)31-26-16-33(3)28(32-26)19(2)35/h6-8,11-12,14-16,22H,4-5,9-10,13,17H2,1-3H3,(H,31,36)/t22-/m0/s1. The van der Waals surface area contributed by atoms with Crippen LogP contribution in [0.5, 0.6) is 5.75 Å². The molecule has 1 aromatic heterocycles. The lowest BCUT2D eigenvalue weighted by Gasteiger charge is -2.32. The third-order valence-electron chi connectivity index (χ3n) is 6.93. The van der Waals surface area contributed by atoms with Crippen molar-refractivity contribution < 1.29 is 19.1 Å². The molecule has 0 unspecified atom stereocenters. The van der Waals surface area contributed by atoms with Crippen LogP contribution in [0.25, 0.3) is 0 Å². The Kier molecular flexibility index (Phi) is 7.09. The van der Waals surface area contributed by atoms with E-state index in [1.54, 1.807) is 17.8 Å². The minimum absolute atomic E-state index is 0.0334. The quantitative estimate of drug-likeness (QED) is 0.472. The van der Waals surface area contributed by atoms with E-state index in [1.807, 2.05) is 54.4 Å². The van der Waals surface area contributed by atoms with Crippen LogP contribution >= 0.6 is 0 Å². The van der Waals surface area contributed by atoms with Crippen LogP contribution in [0.3, 0.4) is 0 Å². The highest BCUT2D eigenvalue weighted by molar-refractivity contribution is 6.03. The maximum atomic E-state index is 13.2. The number of carbonyl (C=O) groups excluding carboxylic acids is 3. The Labute approximate surface area is 221 Å². The lowest BCUT2D eigenvalue weighted by molar-refractivity contribution is -0.115. The second-order valence-electron chi connectivity index (χ2n) is 9.93. The molecule has 0 radical (unpaired) electrons. The average molecular weight is 514 g/mol. The number of fused-ring (bicyclic) bond motifs is 2. The smallest absolute Gasteiger partial charge is 0.256 e. The fourth-order valence-corrected chi connectivity index (χ4v) is 5.01. The molecular formula is C29H31N5O4. The van der Waals surface area contributed by atoms with Gasteiger partial charge in [0.1, 0.15) is 12.4 Å². The Morgan fingerprint density at radius 3 is 2.76 bits per heavy atom. The van der Waals surface area contributed by atoms with Crippen molar-refractivity contribution in [2.45, 2.75) is 52.2 Å². The maximum absolute atomic E-state index is 13.2. The van der Waals surface area contributed by atoms with Crippen LogP contribution < -0.4 is 10.1 Å². The molecule has 2 aliphatic heterocycles. The number of amides is 2. The fraction of sp³-hybridized carbons (Fsp3) is 0.345. The van der Waals surface area contributed by atoms with E-state index in [1.165, 1.54) is 6.92 Å². The Hall–Kier alpha value is -4.27. The van der Waals surface area contributed by atoms with Gasteiger partial charge >= 0.3 is 0 Å². The van der Waals surface area contributed by atoms with Crippen LogP contribution in [0.4, 0.5) is 11.5 Å². The number of carbonyl (C=O) groups is 3. The number of anilines is 1. The van der Waals surface area contributed by atoms with Crippen molar-refractivity contribution in [2.24, 2.45) is 12.0 Å². The SMILES string of the molecule is CC(=O)c1nc(NC(=O)Cc2cccc(COc3cc4c(cc3C)C(=O)N3CCCC[C@H]3C=N4)c2)cn1C. The van der Waals surface area contributed by atoms with Gasteiger partial charge in [-0.1, -0.05) is 24.3 Å². The summed E-state index contributed by atoms with van der Waals surface area (Å²) >= 11 is 0. The molecule has 9 nitrogen and oxygen atoms in total. The molecule has 2 aliphatic rings. The van der Waals surface area contributed by atoms with Gasteiger partial charge in [-0.2, -0.15) is 0 Å². The molecular weight excluding hydrogens is 482 g/mol. The summed E-state index contributed by atoms with van der Waals surface area (Å²) in [6.07, 6.45) is 6.74. The molecule has 2 amide bonds. The summed E-state index contributed by atoms with van der Waals surface area (Å²) in [5.41, 5.74) is 3.87. The third-order valence-corrected chi connectivity index (χ3v) is 6.93. The van der Waals surface area contributed by atoms with E-state index < -0.39 is 0 Å². The van der Waals surface area contributed by atoms with Gasteiger partial charge in [-0.05, 0) is 48.9 Å². The van der Waals surface area contributed by atoms with E-state index in [-0.39, 0.29) is 30.1 Å². The summed E-state index contributed by atoms with van der Waals surface area (Å²) in [7, 11) is 1.71. The molecule has 9 heteroatoms. The number of hydrogen-bond acceptors (Lipinski definition) is 6. The largest absolute Gasteiger partial charge is 0.489 e. The molecule has 38 heavy (non-hydrogen) atoms. The molecule has 0 aliphatic carbocycles. The van der Waals surface area contributed by atoms with Crippen LogP contribution in [0, 0.1) is 6.92 Å². The first-order chi connectivity index (χ1) is 18.3. The van der Waals surface area contributed by atoms with E-state index in [4.69, 9.17) is 4.74 Å². The zero-order chi connectivity index (χ0) is 26.8. The highest BCUT2D eigenvalue weighted by atomic mass is 16.5. The minimum atomic E-state index is -0.225. The highest BCUT2D eigenvalue weighted by Gasteiger charge is 2.30. The van der Waals surface area contributed by atoms with E-state index in [0.29, 0.717) is 35.2 Å². The number of nitrogens with zero attached hydrogens (tertiary/aromatic N) is 4. The van der Waals surface area contributed by atoms with Gasteiger partial charge in [-0.3, -0.25) is 19.4 Å². The maximum Gasteiger partial charge on any atom is 0.256 e. The van der Waals surface area contributed by atoms with Crippen molar-refractivity contribution in [3.05, 3.63) is 70.7 Å². The number of piperidine rings is 1. The van der Waals surface area contributed by atoms with Gasteiger partial charge in [-0.15, -0.1) is 0 Å². The van der Waals surface area contributed by atoms with Crippen molar-refractivity contribution in [3.8, 4) is 5.75 Å². The number of aromatic nitrogens is 2. The molecule has 2 aromatic carbocycles. The van der Waals surface area contributed by atoms with E-state index in [0.717, 1.165) is 42.5 Å². The fourth-order valence-electron chi connectivity index (χ4n) is 5.01. The summed E-state index contributed by atoms with van der Waals surface area (Å²) in [4.78, 5) is 48.1. The minimum Gasteiger partial charge on any atom is -0.489 e. The monoisotopic (exact) mass is 513 g/mol. The number of aliphatic imine (C=N–C) groups is 1. The first kappa shape index (κ1) is 25.4. The van der Waals surface area contributed by atoms with Crippen molar-refractivity contribution in [1.29, 1.82) is 0 Å². The molecule has 1 saturated heterocycles. The second-order valence-corrected chi connectivity index (χ2v) is 9.93. The number of rotatable bonds is 7. The lowest BCUT2D eigenvalue weighted by Crippen LogP contribution is -2.43. The van der Waals surface area contributed by atoms with Gasteiger partial charge < -0.3 is 19.5 Å². The summed E-state index contributed by atoms with van der Waals surface area (Å²) in [5.74, 6) is 0.951. The summed E-state index contributed by atoms with van der Waals surface area (Å²) in [6, 6.07) is 11.4. The Morgan fingerprint density at radius 2 is 1.97 bits per heavy atom. The van der Waals surface area contributed by atoms with Gasteiger partial charge in [0, 0.05) is 39.0 Å². The van der Waals surface area contributed by atoms with E-state index in [9.17, 15) is 14.4 Å². The summed E-state index contributed by atoms with van der Waals surface area (Å²) < 4.78 is 7.72. The second kappa shape index (κ2) is 10.6. The molecule has 1 atom stereocenters. The zero-order valence-corrected chi connectivity index (χ0v) is 21.9. The molecule has 1 N–H and O–H groups in total. The number of ether oxygens (including phenoxy) is 1. The normalized spacial score (nSPS) is 16.4. The average Bonchev–Trinajstić information content (AvgIpc) is 3.20. The highest BCUT2D eigenvalue weighted by Crippen LogP contribution is 2.34. The number of benzene rings is 2. The molecule has 3 aromatic rings. The van der Waals surface area contributed by atoms with Gasteiger partial charge in [0.15, 0.2) is 17.4 Å². The Balaban J connectivity index is 1.25. The first-order valence-electron chi connectivity index (χ1n) is 12.8. The molecule has 5 rings (SSSR count). The van der Waals surface area contributed by atoms with E-state index in [2.05, 4.69) is 15.3 Å². The molecule has 196 valence electrons. The summed E-state index contributed by atoms with van der Waals surface area (Å²) in [5, 5.41) is 2.75. The number of imidazole rings is 1. The van der Waals surface area contributed by atoms with Gasteiger partial charge in [0.05, 0.1) is 23.7 Å². The van der Waals surface area contributed by atoms with Gasteiger partial charge in [-0.25, -0.2) is 4.98 Å². The number of nitrogens with one attached hydrogen (secondary N) is 1.